The number of carbonyl (C=O) groups is 1. The van der Waals surface area contributed by atoms with Crippen LogP contribution >= 0.6 is 0 Å². The SMILES string of the molecule is CNc1cccc([C@@H]2CCCN(C(=O)c3coc(C)n3)C2)n1. The maximum atomic E-state index is 12.5. The molecular formula is C16H20N4O2. The van der Waals surface area contributed by atoms with E-state index in [1.54, 1.807) is 6.92 Å². The van der Waals surface area contributed by atoms with E-state index in [0.717, 1.165) is 30.9 Å². The molecule has 0 spiro atoms. The van der Waals surface area contributed by atoms with Crippen LogP contribution in [0.25, 0.3) is 0 Å². The molecule has 3 rings (SSSR count). The van der Waals surface area contributed by atoms with Crippen LogP contribution in [0.1, 0.15) is 40.8 Å². The molecule has 1 atom stereocenters. The number of hydrogen-bond acceptors (Lipinski definition) is 5. The fraction of sp³-hybridized carbons (Fsp3) is 0.438. The van der Waals surface area contributed by atoms with Crippen LogP contribution in [-0.4, -0.2) is 40.9 Å². The fourth-order valence-corrected chi connectivity index (χ4v) is 2.84. The lowest BCUT2D eigenvalue weighted by Gasteiger charge is -2.32. The Bertz CT molecular complexity index is 668. The molecule has 2 aromatic heterocycles. The third-order valence-electron chi connectivity index (χ3n) is 3.99. The Kier molecular flexibility index (Phi) is 4.09. The zero-order chi connectivity index (χ0) is 15.5. The van der Waals surface area contributed by atoms with Gasteiger partial charge in [-0.3, -0.25) is 4.79 Å². The molecule has 6 heteroatoms. The van der Waals surface area contributed by atoms with Crippen LogP contribution in [0.15, 0.2) is 28.9 Å². The summed E-state index contributed by atoms with van der Waals surface area (Å²) in [6.07, 6.45) is 3.45. The first kappa shape index (κ1) is 14.6. The zero-order valence-electron chi connectivity index (χ0n) is 12.9. The molecule has 1 saturated heterocycles. The minimum absolute atomic E-state index is 0.0636. The van der Waals surface area contributed by atoms with Crippen LogP contribution < -0.4 is 5.32 Å². The highest BCUT2D eigenvalue weighted by Crippen LogP contribution is 2.27. The monoisotopic (exact) mass is 300 g/mol. The predicted molar refractivity (Wildman–Crippen MR) is 82.9 cm³/mol. The van der Waals surface area contributed by atoms with E-state index in [0.29, 0.717) is 18.1 Å². The molecule has 0 aromatic carbocycles. The minimum Gasteiger partial charge on any atom is -0.448 e. The topological polar surface area (TPSA) is 71.3 Å². The van der Waals surface area contributed by atoms with Crippen LogP contribution in [0.2, 0.25) is 0 Å². The highest BCUT2D eigenvalue weighted by atomic mass is 16.3. The van der Waals surface area contributed by atoms with E-state index in [1.165, 1.54) is 6.26 Å². The molecule has 1 N–H and O–H groups in total. The fourth-order valence-electron chi connectivity index (χ4n) is 2.84. The lowest BCUT2D eigenvalue weighted by atomic mass is 9.94. The number of amides is 1. The molecule has 3 heterocycles. The summed E-state index contributed by atoms with van der Waals surface area (Å²) in [6, 6.07) is 5.96. The molecule has 1 aliphatic rings. The second-order valence-corrected chi connectivity index (χ2v) is 5.54. The van der Waals surface area contributed by atoms with Crippen molar-refractivity contribution in [3.63, 3.8) is 0 Å². The standard InChI is InChI=1S/C16H20N4O2/c1-11-18-14(10-22-11)16(21)20-8-4-5-12(9-20)13-6-3-7-15(17-2)19-13/h3,6-7,10,12H,4-5,8-9H2,1-2H3,(H,17,19)/t12-/m1/s1. The smallest absolute Gasteiger partial charge is 0.275 e. The molecule has 0 saturated carbocycles. The molecule has 0 aliphatic carbocycles. The van der Waals surface area contributed by atoms with Crippen molar-refractivity contribution in [2.45, 2.75) is 25.7 Å². The summed E-state index contributed by atoms with van der Waals surface area (Å²) in [7, 11) is 1.86. The molecule has 1 aliphatic heterocycles. The number of hydrogen-bond donors (Lipinski definition) is 1. The van der Waals surface area contributed by atoms with Crippen molar-refractivity contribution in [3.8, 4) is 0 Å². The Labute approximate surface area is 129 Å². The molecule has 1 fully saturated rings. The number of oxazole rings is 1. The van der Waals surface area contributed by atoms with E-state index in [-0.39, 0.29) is 11.8 Å². The van der Waals surface area contributed by atoms with Gasteiger partial charge in [0.25, 0.3) is 5.91 Å². The largest absolute Gasteiger partial charge is 0.448 e. The summed E-state index contributed by atoms with van der Waals surface area (Å²) in [6.45, 7) is 3.17. The third-order valence-corrected chi connectivity index (χ3v) is 3.99. The maximum absolute atomic E-state index is 12.5. The molecule has 2 aromatic rings. The first-order chi connectivity index (χ1) is 10.7. The van der Waals surface area contributed by atoms with Gasteiger partial charge in [-0.2, -0.15) is 0 Å². The van der Waals surface area contributed by atoms with Gasteiger partial charge < -0.3 is 14.6 Å². The highest BCUT2D eigenvalue weighted by Gasteiger charge is 2.27. The number of rotatable bonds is 3. The van der Waals surface area contributed by atoms with Gasteiger partial charge in [-0.15, -0.1) is 0 Å². The Hall–Kier alpha value is -2.37. The second kappa shape index (κ2) is 6.17. The van der Waals surface area contributed by atoms with Gasteiger partial charge in [-0.1, -0.05) is 6.07 Å². The van der Waals surface area contributed by atoms with Crippen LogP contribution in [0.4, 0.5) is 5.82 Å². The molecular weight excluding hydrogens is 280 g/mol. The number of aryl methyl sites for hydroxylation is 1. The number of nitrogens with one attached hydrogen (secondary N) is 1. The van der Waals surface area contributed by atoms with E-state index < -0.39 is 0 Å². The average molecular weight is 300 g/mol. The quantitative estimate of drug-likeness (QED) is 0.942. The van der Waals surface area contributed by atoms with Gasteiger partial charge in [0.05, 0.1) is 0 Å². The number of carbonyl (C=O) groups excluding carboxylic acids is 1. The number of aromatic nitrogens is 2. The predicted octanol–water partition coefficient (Wildman–Crippen LogP) is 2.44. The third kappa shape index (κ3) is 2.95. The molecule has 116 valence electrons. The summed E-state index contributed by atoms with van der Waals surface area (Å²) in [5.41, 5.74) is 1.41. The van der Waals surface area contributed by atoms with Crippen LogP contribution in [0.3, 0.4) is 0 Å². The van der Waals surface area contributed by atoms with Crippen molar-refractivity contribution in [3.05, 3.63) is 41.7 Å². The van der Waals surface area contributed by atoms with Gasteiger partial charge in [0.15, 0.2) is 11.6 Å². The van der Waals surface area contributed by atoms with Gasteiger partial charge in [0.2, 0.25) is 0 Å². The number of pyridine rings is 1. The van der Waals surface area contributed by atoms with Gasteiger partial charge in [-0.05, 0) is 25.0 Å². The van der Waals surface area contributed by atoms with Crippen LogP contribution in [-0.2, 0) is 0 Å². The Morgan fingerprint density at radius 2 is 2.27 bits per heavy atom. The number of piperidine rings is 1. The first-order valence-corrected chi connectivity index (χ1v) is 7.53. The van der Waals surface area contributed by atoms with Gasteiger partial charge in [0.1, 0.15) is 12.1 Å². The summed E-state index contributed by atoms with van der Waals surface area (Å²) < 4.78 is 5.14. The number of likely N-dealkylation sites (tertiary alicyclic amines) is 1. The highest BCUT2D eigenvalue weighted by molar-refractivity contribution is 5.92. The summed E-state index contributed by atoms with van der Waals surface area (Å²) in [5, 5.41) is 3.05. The minimum atomic E-state index is -0.0636. The number of nitrogens with zero attached hydrogens (tertiary/aromatic N) is 3. The molecule has 22 heavy (non-hydrogen) atoms. The summed E-state index contributed by atoms with van der Waals surface area (Å²) in [5.74, 6) is 1.57. The van der Waals surface area contributed by atoms with E-state index in [4.69, 9.17) is 4.42 Å². The molecule has 0 unspecified atom stereocenters. The molecule has 0 radical (unpaired) electrons. The van der Waals surface area contributed by atoms with Crippen molar-refractivity contribution < 1.29 is 9.21 Å². The average Bonchev–Trinajstić information content (AvgIpc) is 3.01. The van der Waals surface area contributed by atoms with E-state index in [9.17, 15) is 4.79 Å². The van der Waals surface area contributed by atoms with Crippen molar-refractivity contribution in [1.82, 2.24) is 14.9 Å². The normalized spacial score (nSPS) is 18.3. The number of anilines is 1. The molecule has 1 amide bonds. The van der Waals surface area contributed by atoms with Crippen molar-refractivity contribution in [2.24, 2.45) is 0 Å². The van der Waals surface area contributed by atoms with Crippen LogP contribution in [0.5, 0.6) is 0 Å². The van der Waals surface area contributed by atoms with Crippen LogP contribution in [0, 0.1) is 6.92 Å². The molecule has 6 nitrogen and oxygen atoms in total. The van der Waals surface area contributed by atoms with E-state index >= 15 is 0 Å². The maximum Gasteiger partial charge on any atom is 0.275 e. The first-order valence-electron chi connectivity index (χ1n) is 7.53. The Morgan fingerprint density at radius 1 is 1.41 bits per heavy atom. The summed E-state index contributed by atoms with van der Waals surface area (Å²) in [4.78, 5) is 23.1. The summed E-state index contributed by atoms with van der Waals surface area (Å²) >= 11 is 0. The zero-order valence-corrected chi connectivity index (χ0v) is 12.9. The van der Waals surface area contributed by atoms with E-state index in [2.05, 4.69) is 15.3 Å². The molecule has 0 bridgehead atoms. The van der Waals surface area contributed by atoms with Gasteiger partial charge >= 0.3 is 0 Å². The van der Waals surface area contributed by atoms with E-state index in [1.807, 2.05) is 30.1 Å². The Balaban J connectivity index is 1.75. The lowest BCUT2D eigenvalue weighted by molar-refractivity contribution is 0.0700. The Morgan fingerprint density at radius 3 is 3.00 bits per heavy atom. The van der Waals surface area contributed by atoms with Crippen molar-refractivity contribution >= 4 is 11.7 Å². The van der Waals surface area contributed by atoms with Crippen molar-refractivity contribution in [1.29, 1.82) is 0 Å². The van der Waals surface area contributed by atoms with Crippen molar-refractivity contribution in [2.75, 3.05) is 25.5 Å². The second-order valence-electron chi connectivity index (χ2n) is 5.54. The van der Waals surface area contributed by atoms with Gasteiger partial charge in [0, 0.05) is 38.7 Å². The van der Waals surface area contributed by atoms with Gasteiger partial charge in [-0.25, -0.2) is 9.97 Å². The lowest BCUT2D eigenvalue weighted by Crippen LogP contribution is -2.39.